The van der Waals surface area contributed by atoms with Crippen molar-refractivity contribution in [3.63, 3.8) is 0 Å². The molecule has 2 N–H and O–H groups in total. The number of hydrogen-bond acceptors (Lipinski definition) is 1. The maximum Gasteiger partial charge on any atom is 0.241 e. The zero-order valence-electron chi connectivity index (χ0n) is 12.6. The number of primary amides is 1. The minimum Gasteiger partial charge on any atom is -0.366 e. The Hall–Kier alpha value is -3.13. The van der Waals surface area contributed by atoms with Crippen molar-refractivity contribution in [3.8, 4) is 22.3 Å². The van der Waals surface area contributed by atoms with Crippen molar-refractivity contribution >= 4 is 12.0 Å². The molecule has 0 aliphatic heterocycles. The Morgan fingerprint density at radius 2 is 1.26 bits per heavy atom. The number of amides is 1. The van der Waals surface area contributed by atoms with Gasteiger partial charge in [-0.2, -0.15) is 0 Å². The van der Waals surface area contributed by atoms with Gasteiger partial charge in [0.1, 0.15) is 0 Å². The second kappa shape index (κ2) is 6.75. The Bertz CT molecular complexity index is 850. The molecule has 3 aromatic carbocycles. The van der Waals surface area contributed by atoms with Gasteiger partial charge in [-0.1, -0.05) is 78.9 Å². The fourth-order valence-electron chi connectivity index (χ4n) is 2.65. The van der Waals surface area contributed by atoms with Crippen LogP contribution in [0, 0.1) is 0 Å². The molecule has 0 aliphatic carbocycles. The van der Waals surface area contributed by atoms with E-state index < -0.39 is 5.91 Å². The Morgan fingerprint density at radius 3 is 1.96 bits per heavy atom. The molecule has 0 spiro atoms. The van der Waals surface area contributed by atoms with Gasteiger partial charge in [-0.25, -0.2) is 0 Å². The largest absolute Gasteiger partial charge is 0.366 e. The molecule has 1 amide bonds. The van der Waals surface area contributed by atoms with Crippen LogP contribution in [0.1, 0.15) is 5.56 Å². The van der Waals surface area contributed by atoms with E-state index in [2.05, 4.69) is 30.3 Å². The third kappa shape index (κ3) is 3.38. The van der Waals surface area contributed by atoms with E-state index in [0.29, 0.717) is 0 Å². The van der Waals surface area contributed by atoms with E-state index >= 15 is 0 Å². The second-order valence-electron chi connectivity index (χ2n) is 5.23. The van der Waals surface area contributed by atoms with Crippen LogP contribution in [-0.4, -0.2) is 5.91 Å². The molecule has 2 nitrogen and oxygen atoms in total. The zero-order valence-corrected chi connectivity index (χ0v) is 12.6. The van der Waals surface area contributed by atoms with Crippen LogP contribution in [0.4, 0.5) is 0 Å². The van der Waals surface area contributed by atoms with Crippen molar-refractivity contribution in [2.45, 2.75) is 0 Å². The second-order valence-corrected chi connectivity index (χ2v) is 5.23. The number of carbonyl (C=O) groups excluding carboxylic acids is 1. The molecule has 2 heteroatoms. The molecule has 0 atom stereocenters. The number of benzene rings is 3. The van der Waals surface area contributed by atoms with Crippen molar-refractivity contribution in [3.05, 3.63) is 90.5 Å². The number of nitrogens with two attached hydrogens (primary N) is 1. The smallest absolute Gasteiger partial charge is 0.241 e. The molecule has 0 bridgehead atoms. The normalized spacial score (nSPS) is 10.8. The van der Waals surface area contributed by atoms with Crippen LogP contribution in [-0.2, 0) is 4.79 Å². The predicted molar refractivity (Wildman–Crippen MR) is 95.5 cm³/mol. The molecule has 0 aromatic heterocycles. The van der Waals surface area contributed by atoms with Gasteiger partial charge in [0.15, 0.2) is 0 Å². The van der Waals surface area contributed by atoms with Gasteiger partial charge in [0, 0.05) is 6.08 Å². The highest BCUT2D eigenvalue weighted by molar-refractivity contribution is 5.93. The van der Waals surface area contributed by atoms with Gasteiger partial charge in [-0.3, -0.25) is 4.79 Å². The first kappa shape index (κ1) is 14.8. The summed E-state index contributed by atoms with van der Waals surface area (Å²) in [5.41, 5.74) is 10.7. The maximum absolute atomic E-state index is 11.0. The molecule has 23 heavy (non-hydrogen) atoms. The molecule has 0 radical (unpaired) electrons. The fraction of sp³-hybridized carbons (Fsp3) is 0. The van der Waals surface area contributed by atoms with Gasteiger partial charge in [-0.05, 0) is 33.9 Å². The van der Waals surface area contributed by atoms with Crippen LogP contribution in [0.25, 0.3) is 28.3 Å². The first-order valence-electron chi connectivity index (χ1n) is 7.47. The Morgan fingerprint density at radius 1 is 0.696 bits per heavy atom. The predicted octanol–water partition coefficient (Wildman–Crippen LogP) is 4.52. The molecule has 0 unspecified atom stereocenters. The summed E-state index contributed by atoms with van der Waals surface area (Å²) in [6.07, 6.45) is 3.16. The molecule has 3 rings (SSSR count). The number of carbonyl (C=O) groups is 1. The highest BCUT2D eigenvalue weighted by atomic mass is 16.1. The van der Waals surface area contributed by atoms with Crippen LogP contribution < -0.4 is 5.73 Å². The monoisotopic (exact) mass is 299 g/mol. The van der Waals surface area contributed by atoms with Crippen LogP contribution in [0.2, 0.25) is 0 Å². The van der Waals surface area contributed by atoms with Crippen molar-refractivity contribution in [1.82, 2.24) is 0 Å². The summed E-state index contributed by atoms with van der Waals surface area (Å²) < 4.78 is 0. The summed E-state index contributed by atoms with van der Waals surface area (Å²) >= 11 is 0. The molecular weight excluding hydrogens is 282 g/mol. The van der Waals surface area contributed by atoms with Crippen molar-refractivity contribution in [1.29, 1.82) is 0 Å². The molecule has 0 saturated heterocycles. The Balaban J connectivity index is 2.16. The third-order valence-electron chi connectivity index (χ3n) is 3.69. The SMILES string of the molecule is NC(=O)C=Cc1ccccc1-c1ccccc1-c1ccccc1. The van der Waals surface area contributed by atoms with Gasteiger partial charge in [0.2, 0.25) is 5.91 Å². The molecule has 3 aromatic rings. The van der Waals surface area contributed by atoms with Crippen molar-refractivity contribution in [2.75, 3.05) is 0 Å². The molecule has 0 aliphatic rings. The average molecular weight is 299 g/mol. The first-order chi connectivity index (χ1) is 11.3. The lowest BCUT2D eigenvalue weighted by Crippen LogP contribution is -2.05. The molecule has 0 saturated carbocycles. The van der Waals surface area contributed by atoms with E-state index in [4.69, 9.17) is 5.73 Å². The quantitative estimate of drug-likeness (QED) is 0.707. The van der Waals surface area contributed by atoms with Gasteiger partial charge < -0.3 is 5.73 Å². The Kier molecular flexibility index (Phi) is 4.34. The van der Waals surface area contributed by atoms with E-state index in [1.165, 1.54) is 6.08 Å². The third-order valence-corrected chi connectivity index (χ3v) is 3.69. The molecule has 112 valence electrons. The average Bonchev–Trinajstić information content (AvgIpc) is 2.61. The minimum atomic E-state index is -0.448. The topological polar surface area (TPSA) is 43.1 Å². The zero-order chi connectivity index (χ0) is 16.1. The van der Waals surface area contributed by atoms with E-state index in [0.717, 1.165) is 27.8 Å². The summed E-state index contributed by atoms with van der Waals surface area (Å²) in [4.78, 5) is 11.0. The highest BCUT2D eigenvalue weighted by Gasteiger charge is 2.09. The number of rotatable bonds is 4. The number of hydrogen-bond donors (Lipinski definition) is 1. The highest BCUT2D eigenvalue weighted by Crippen LogP contribution is 2.34. The summed E-state index contributed by atoms with van der Waals surface area (Å²) in [5, 5.41) is 0. The van der Waals surface area contributed by atoms with E-state index in [-0.39, 0.29) is 0 Å². The van der Waals surface area contributed by atoms with Gasteiger partial charge in [0.05, 0.1) is 0 Å². The molecule has 0 fully saturated rings. The minimum absolute atomic E-state index is 0.448. The van der Waals surface area contributed by atoms with Crippen LogP contribution >= 0.6 is 0 Å². The van der Waals surface area contributed by atoms with E-state index in [1.807, 2.05) is 48.5 Å². The maximum atomic E-state index is 11.0. The van der Waals surface area contributed by atoms with Crippen molar-refractivity contribution < 1.29 is 4.79 Å². The summed E-state index contributed by atoms with van der Waals surface area (Å²) in [5.74, 6) is -0.448. The van der Waals surface area contributed by atoms with Crippen LogP contribution in [0.5, 0.6) is 0 Å². The molecule has 0 heterocycles. The lowest BCUT2D eigenvalue weighted by Gasteiger charge is -2.12. The Labute approximate surface area is 135 Å². The van der Waals surface area contributed by atoms with Gasteiger partial charge >= 0.3 is 0 Å². The lowest BCUT2D eigenvalue weighted by molar-refractivity contribution is -0.113. The standard InChI is InChI=1S/C21H17NO/c22-21(23)15-14-17-10-4-5-11-19(17)20-13-7-6-12-18(20)16-8-2-1-3-9-16/h1-15H,(H2,22,23). The summed E-state index contributed by atoms with van der Waals surface area (Å²) in [6, 6.07) is 26.5. The summed E-state index contributed by atoms with van der Waals surface area (Å²) in [6.45, 7) is 0. The van der Waals surface area contributed by atoms with Crippen LogP contribution in [0.3, 0.4) is 0 Å². The first-order valence-corrected chi connectivity index (χ1v) is 7.47. The summed E-state index contributed by atoms with van der Waals surface area (Å²) in [7, 11) is 0. The van der Waals surface area contributed by atoms with E-state index in [9.17, 15) is 4.79 Å². The van der Waals surface area contributed by atoms with Gasteiger partial charge in [0.25, 0.3) is 0 Å². The lowest BCUT2D eigenvalue weighted by atomic mass is 9.92. The fourth-order valence-corrected chi connectivity index (χ4v) is 2.65. The molecular formula is C21H17NO. The van der Waals surface area contributed by atoms with Gasteiger partial charge in [-0.15, -0.1) is 0 Å². The van der Waals surface area contributed by atoms with Crippen LogP contribution in [0.15, 0.2) is 84.9 Å². The van der Waals surface area contributed by atoms with Crippen molar-refractivity contribution in [2.24, 2.45) is 5.73 Å². The van der Waals surface area contributed by atoms with E-state index in [1.54, 1.807) is 6.08 Å².